The number of ether oxygens (including phenoxy) is 1. The number of nitrogens with zero attached hydrogens (tertiary/aromatic N) is 3. The first-order valence-electron chi connectivity index (χ1n) is 8.51. The van der Waals surface area contributed by atoms with Gasteiger partial charge in [0.15, 0.2) is 0 Å². The number of rotatable bonds is 6. The first-order chi connectivity index (χ1) is 13.0. The molecule has 0 saturated heterocycles. The molecule has 0 amide bonds. The molecule has 1 aromatic heterocycles. The Morgan fingerprint density at radius 2 is 1.56 bits per heavy atom. The first-order valence-corrected chi connectivity index (χ1v) is 8.51. The van der Waals surface area contributed by atoms with Crippen molar-refractivity contribution in [3.63, 3.8) is 0 Å². The summed E-state index contributed by atoms with van der Waals surface area (Å²) >= 11 is 0. The fourth-order valence-electron chi connectivity index (χ4n) is 2.57. The number of carbonyl (C=O) groups excluding carboxylic acids is 1. The van der Waals surface area contributed by atoms with Gasteiger partial charge in [-0.3, -0.25) is 4.79 Å². The van der Waals surface area contributed by atoms with Gasteiger partial charge in [0, 0.05) is 11.4 Å². The minimum atomic E-state index is -0.284. The van der Waals surface area contributed by atoms with Gasteiger partial charge in [0.25, 0.3) is 0 Å². The Morgan fingerprint density at radius 3 is 2.19 bits per heavy atom. The van der Waals surface area contributed by atoms with Gasteiger partial charge in [-0.15, -0.1) is 0 Å². The number of carbonyl (C=O) groups is 1. The van der Waals surface area contributed by atoms with Gasteiger partial charge in [0.1, 0.15) is 5.82 Å². The van der Waals surface area contributed by atoms with Crippen LogP contribution in [0.1, 0.15) is 17.0 Å². The number of esters is 1. The molecule has 2 N–H and O–H groups in total. The standard InChI is InChI=1S/C20H21N5O2/c1-13-6-4-8-16(10-13)23-19-21-14(2)22-20(25-19)24-17-9-5-7-15(11-17)12-18(26)27-3/h4-11H,12H2,1-3H3,(H2,21,22,23,24,25). The molecule has 0 aliphatic heterocycles. The lowest BCUT2D eigenvalue weighted by Gasteiger charge is -2.10. The molecule has 0 unspecified atom stereocenters. The summed E-state index contributed by atoms with van der Waals surface area (Å²) in [6.45, 7) is 3.83. The molecule has 0 fully saturated rings. The Balaban J connectivity index is 1.78. The first kappa shape index (κ1) is 18.3. The van der Waals surface area contributed by atoms with Crippen LogP contribution in [0.2, 0.25) is 0 Å². The van der Waals surface area contributed by atoms with Crippen molar-refractivity contribution in [3.8, 4) is 0 Å². The third-order valence-electron chi connectivity index (χ3n) is 3.78. The molecule has 0 saturated carbocycles. The molecular weight excluding hydrogens is 342 g/mol. The summed E-state index contributed by atoms with van der Waals surface area (Å²) in [5.74, 6) is 1.19. The number of hydrogen-bond acceptors (Lipinski definition) is 7. The molecule has 0 atom stereocenters. The summed E-state index contributed by atoms with van der Waals surface area (Å²) < 4.78 is 4.71. The van der Waals surface area contributed by atoms with Crippen molar-refractivity contribution >= 4 is 29.2 Å². The predicted octanol–water partition coefficient (Wildman–Crippen LogP) is 3.69. The van der Waals surface area contributed by atoms with Gasteiger partial charge in [0.2, 0.25) is 11.9 Å². The van der Waals surface area contributed by atoms with Gasteiger partial charge in [-0.05, 0) is 49.2 Å². The van der Waals surface area contributed by atoms with E-state index in [1.165, 1.54) is 7.11 Å². The second-order valence-electron chi connectivity index (χ2n) is 6.10. The zero-order valence-electron chi connectivity index (χ0n) is 15.5. The Hall–Kier alpha value is -3.48. The van der Waals surface area contributed by atoms with Crippen molar-refractivity contribution < 1.29 is 9.53 Å². The second kappa shape index (κ2) is 8.27. The highest BCUT2D eigenvalue weighted by atomic mass is 16.5. The van der Waals surface area contributed by atoms with Gasteiger partial charge in [-0.2, -0.15) is 15.0 Å². The number of anilines is 4. The molecule has 0 spiro atoms. The molecule has 0 aliphatic carbocycles. The zero-order valence-corrected chi connectivity index (χ0v) is 15.5. The summed E-state index contributed by atoms with van der Waals surface area (Å²) in [5.41, 5.74) is 3.68. The maximum Gasteiger partial charge on any atom is 0.309 e. The van der Waals surface area contributed by atoms with E-state index in [9.17, 15) is 4.79 Å². The number of methoxy groups -OCH3 is 1. The third-order valence-corrected chi connectivity index (χ3v) is 3.78. The molecule has 3 aromatic rings. The Kier molecular flexibility index (Phi) is 5.61. The van der Waals surface area contributed by atoms with Crippen molar-refractivity contribution in [1.29, 1.82) is 0 Å². The minimum absolute atomic E-state index is 0.211. The molecule has 27 heavy (non-hydrogen) atoms. The topological polar surface area (TPSA) is 89.0 Å². The molecule has 7 nitrogen and oxygen atoms in total. The van der Waals surface area contributed by atoms with Crippen molar-refractivity contribution in [2.45, 2.75) is 20.3 Å². The lowest BCUT2D eigenvalue weighted by atomic mass is 10.1. The fraction of sp³-hybridized carbons (Fsp3) is 0.200. The monoisotopic (exact) mass is 363 g/mol. The van der Waals surface area contributed by atoms with Crippen LogP contribution in [0.5, 0.6) is 0 Å². The summed E-state index contributed by atoms with van der Waals surface area (Å²) in [5, 5.41) is 6.35. The van der Waals surface area contributed by atoms with E-state index in [2.05, 4.69) is 25.6 Å². The largest absolute Gasteiger partial charge is 0.469 e. The van der Waals surface area contributed by atoms with Crippen molar-refractivity contribution in [2.75, 3.05) is 17.7 Å². The SMILES string of the molecule is COC(=O)Cc1cccc(Nc2nc(C)nc(Nc3cccc(C)c3)n2)c1. The van der Waals surface area contributed by atoms with Crippen LogP contribution in [0.15, 0.2) is 48.5 Å². The van der Waals surface area contributed by atoms with E-state index in [4.69, 9.17) is 4.74 Å². The quantitative estimate of drug-likeness (QED) is 0.646. The van der Waals surface area contributed by atoms with E-state index in [0.717, 1.165) is 22.5 Å². The molecule has 7 heteroatoms. The maximum atomic E-state index is 11.5. The average molecular weight is 363 g/mol. The van der Waals surface area contributed by atoms with E-state index in [1.807, 2.05) is 62.4 Å². The van der Waals surface area contributed by atoms with E-state index in [1.54, 1.807) is 0 Å². The van der Waals surface area contributed by atoms with Crippen LogP contribution in [-0.2, 0) is 16.0 Å². The van der Waals surface area contributed by atoms with Gasteiger partial charge >= 0.3 is 5.97 Å². The van der Waals surface area contributed by atoms with E-state index < -0.39 is 0 Å². The molecular formula is C20H21N5O2. The molecule has 138 valence electrons. The summed E-state index contributed by atoms with van der Waals surface area (Å²) in [7, 11) is 1.38. The molecule has 2 aromatic carbocycles. The maximum absolute atomic E-state index is 11.5. The van der Waals surface area contributed by atoms with Crippen LogP contribution in [0.3, 0.4) is 0 Å². The third kappa shape index (κ3) is 5.24. The molecule has 0 radical (unpaired) electrons. The lowest BCUT2D eigenvalue weighted by molar-refractivity contribution is -0.139. The Bertz CT molecular complexity index is 959. The molecule has 3 rings (SSSR count). The average Bonchev–Trinajstić information content (AvgIpc) is 2.61. The van der Waals surface area contributed by atoms with Crippen molar-refractivity contribution in [1.82, 2.24) is 15.0 Å². The highest BCUT2D eigenvalue weighted by Gasteiger charge is 2.07. The highest BCUT2D eigenvalue weighted by Crippen LogP contribution is 2.19. The minimum Gasteiger partial charge on any atom is -0.469 e. The number of hydrogen-bond donors (Lipinski definition) is 2. The molecule has 1 heterocycles. The molecule has 0 bridgehead atoms. The fourth-order valence-corrected chi connectivity index (χ4v) is 2.57. The van der Waals surface area contributed by atoms with Crippen LogP contribution in [0, 0.1) is 13.8 Å². The highest BCUT2D eigenvalue weighted by molar-refractivity contribution is 5.73. The zero-order chi connectivity index (χ0) is 19.2. The van der Waals surface area contributed by atoms with Gasteiger partial charge in [-0.25, -0.2) is 0 Å². The van der Waals surface area contributed by atoms with E-state index in [-0.39, 0.29) is 12.4 Å². The van der Waals surface area contributed by atoms with E-state index in [0.29, 0.717) is 17.7 Å². The van der Waals surface area contributed by atoms with Gasteiger partial charge in [0.05, 0.1) is 13.5 Å². The van der Waals surface area contributed by atoms with Gasteiger partial charge in [-0.1, -0.05) is 24.3 Å². The van der Waals surface area contributed by atoms with Crippen LogP contribution >= 0.6 is 0 Å². The van der Waals surface area contributed by atoms with Crippen molar-refractivity contribution in [3.05, 3.63) is 65.5 Å². The molecule has 0 aliphatic rings. The smallest absolute Gasteiger partial charge is 0.309 e. The van der Waals surface area contributed by atoms with E-state index >= 15 is 0 Å². The van der Waals surface area contributed by atoms with Crippen molar-refractivity contribution in [2.24, 2.45) is 0 Å². The lowest BCUT2D eigenvalue weighted by Crippen LogP contribution is -2.06. The van der Waals surface area contributed by atoms with Crippen LogP contribution in [0.25, 0.3) is 0 Å². The van der Waals surface area contributed by atoms with Gasteiger partial charge < -0.3 is 15.4 Å². The number of aromatic nitrogens is 3. The summed E-state index contributed by atoms with van der Waals surface area (Å²) in [6, 6.07) is 15.4. The number of nitrogens with one attached hydrogen (secondary N) is 2. The summed E-state index contributed by atoms with van der Waals surface area (Å²) in [4.78, 5) is 24.5. The number of benzene rings is 2. The Morgan fingerprint density at radius 1 is 0.926 bits per heavy atom. The normalized spacial score (nSPS) is 10.3. The second-order valence-corrected chi connectivity index (χ2v) is 6.10. The van der Waals surface area contributed by atoms with Crippen LogP contribution < -0.4 is 10.6 Å². The predicted molar refractivity (Wildman–Crippen MR) is 104 cm³/mol. The Labute approximate surface area is 157 Å². The number of aryl methyl sites for hydroxylation is 2. The van der Waals surface area contributed by atoms with Crippen LogP contribution in [0.4, 0.5) is 23.3 Å². The van der Waals surface area contributed by atoms with Crippen LogP contribution in [-0.4, -0.2) is 28.0 Å². The summed E-state index contributed by atoms with van der Waals surface area (Å²) in [6.07, 6.45) is 0.211.